The minimum atomic E-state index is -0.538. The van der Waals surface area contributed by atoms with Gasteiger partial charge in [-0.05, 0) is 24.6 Å². The van der Waals surface area contributed by atoms with Crippen LogP contribution in [0.4, 0.5) is 0 Å². The average molecular weight is 404 g/mol. The van der Waals surface area contributed by atoms with E-state index in [2.05, 4.69) is 15.2 Å². The summed E-state index contributed by atoms with van der Waals surface area (Å²) in [5, 5.41) is 7.66. The maximum atomic E-state index is 13.3. The fourth-order valence-electron chi connectivity index (χ4n) is 3.45. The molecule has 4 rings (SSSR count). The number of nitrogens with one attached hydrogen (secondary N) is 1. The molecule has 8 heteroatoms. The lowest BCUT2D eigenvalue weighted by Gasteiger charge is -2.10. The second-order valence-corrected chi connectivity index (χ2v) is 6.74. The summed E-state index contributed by atoms with van der Waals surface area (Å²) in [7, 11) is 2.89. The van der Waals surface area contributed by atoms with Gasteiger partial charge in [-0.2, -0.15) is 5.10 Å². The molecule has 8 nitrogen and oxygen atoms in total. The third kappa shape index (κ3) is 3.27. The van der Waals surface area contributed by atoms with Gasteiger partial charge in [0.2, 0.25) is 0 Å². The number of rotatable bonds is 5. The van der Waals surface area contributed by atoms with Gasteiger partial charge in [-0.1, -0.05) is 30.3 Å². The zero-order chi connectivity index (χ0) is 21.3. The standard InChI is InChI=1S/C22H20N4O4/c1-13-15(22(28)30-3)11-16-17(23-13)9-10-26(21(16)27)20-19(14-7-5-4-6-8-14)18(12-29-2)24-25-20/h4-11H,12H2,1-3H3,(H,24,25). The molecule has 30 heavy (non-hydrogen) atoms. The molecule has 0 radical (unpaired) electrons. The number of nitrogens with zero attached hydrogens (tertiary/aromatic N) is 3. The summed E-state index contributed by atoms with van der Waals surface area (Å²) in [6, 6.07) is 12.9. The number of carbonyl (C=O) groups excluding carboxylic acids is 1. The maximum Gasteiger partial charge on any atom is 0.339 e. The molecular formula is C22H20N4O4. The van der Waals surface area contributed by atoms with Crippen molar-refractivity contribution in [2.75, 3.05) is 14.2 Å². The number of carbonyl (C=O) groups is 1. The largest absolute Gasteiger partial charge is 0.465 e. The topological polar surface area (TPSA) is 99.1 Å². The number of aromatic nitrogens is 4. The molecule has 0 saturated carbocycles. The smallest absolute Gasteiger partial charge is 0.339 e. The Morgan fingerprint density at radius 1 is 1.17 bits per heavy atom. The number of hydrogen-bond acceptors (Lipinski definition) is 6. The van der Waals surface area contributed by atoms with E-state index < -0.39 is 5.97 Å². The molecule has 0 aliphatic rings. The predicted molar refractivity (Wildman–Crippen MR) is 112 cm³/mol. The lowest BCUT2D eigenvalue weighted by atomic mass is 10.1. The monoisotopic (exact) mass is 404 g/mol. The number of esters is 1. The van der Waals surface area contributed by atoms with Gasteiger partial charge >= 0.3 is 5.97 Å². The summed E-state index contributed by atoms with van der Waals surface area (Å²) in [5.74, 6) is -0.0934. The van der Waals surface area contributed by atoms with Gasteiger partial charge in [0.25, 0.3) is 5.56 Å². The Bertz CT molecular complexity index is 1290. The highest BCUT2D eigenvalue weighted by molar-refractivity contribution is 5.95. The molecule has 1 N–H and O–H groups in total. The van der Waals surface area contributed by atoms with Gasteiger partial charge in [0, 0.05) is 13.3 Å². The normalized spacial score (nSPS) is 11.0. The van der Waals surface area contributed by atoms with Crippen LogP contribution in [0.5, 0.6) is 0 Å². The van der Waals surface area contributed by atoms with E-state index in [1.165, 1.54) is 17.7 Å². The summed E-state index contributed by atoms with van der Waals surface area (Å²) in [5.41, 5.74) is 3.34. The fourth-order valence-corrected chi connectivity index (χ4v) is 3.45. The van der Waals surface area contributed by atoms with Crippen molar-refractivity contribution in [1.82, 2.24) is 19.7 Å². The molecule has 0 unspecified atom stereocenters. The molecule has 0 aliphatic heterocycles. The van der Waals surface area contributed by atoms with Gasteiger partial charge in [-0.3, -0.25) is 19.4 Å². The van der Waals surface area contributed by atoms with Crippen molar-refractivity contribution < 1.29 is 14.3 Å². The highest BCUT2D eigenvalue weighted by Crippen LogP contribution is 2.29. The van der Waals surface area contributed by atoms with Crippen LogP contribution in [0.3, 0.4) is 0 Å². The van der Waals surface area contributed by atoms with Gasteiger partial charge < -0.3 is 9.47 Å². The second-order valence-electron chi connectivity index (χ2n) is 6.74. The van der Waals surface area contributed by atoms with Crippen LogP contribution >= 0.6 is 0 Å². The minimum absolute atomic E-state index is 0.255. The molecule has 3 aromatic heterocycles. The Hall–Kier alpha value is -3.78. The van der Waals surface area contributed by atoms with Gasteiger partial charge in [-0.15, -0.1) is 0 Å². The number of H-pyrrole nitrogens is 1. The first-order valence-electron chi connectivity index (χ1n) is 9.28. The van der Waals surface area contributed by atoms with Crippen molar-refractivity contribution in [2.45, 2.75) is 13.5 Å². The molecule has 0 aliphatic carbocycles. The molecule has 3 heterocycles. The van der Waals surface area contributed by atoms with E-state index >= 15 is 0 Å². The number of fused-ring (bicyclic) bond motifs is 1. The van der Waals surface area contributed by atoms with Crippen LogP contribution in [-0.2, 0) is 16.1 Å². The van der Waals surface area contributed by atoms with Crippen LogP contribution in [0.15, 0.2) is 53.5 Å². The Morgan fingerprint density at radius 3 is 2.63 bits per heavy atom. The number of benzene rings is 1. The van der Waals surface area contributed by atoms with Gasteiger partial charge in [-0.25, -0.2) is 4.79 Å². The van der Waals surface area contributed by atoms with Crippen molar-refractivity contribution in [3.05, 3.63) is 76.0 Å². The summed E-state index contributed by atoms with van der Waals surface area (Å²) >= 11 is 0. The summed E-state index contributed by atoms with van der Waals surface area (Å²) in [6.45, 7) is 2.02. The van der Waals surface area contributed by atoms with E-state index in [1.54, 1.807) is 26.3 Å². The second kappa shape index (κ2) is 7.92. The van der Waals surface area contributed by atoms with Crippen molar-refractivity contribution in [3.63, 3.8) is 0 Å². The zero-order valence-electron chi connectivity index (χ0n) is 16.8. The number of methoxy groups -OCH3 is 2. The number of ether oxygens (including phenoxy) is 2. The van der Waals surface area contributed by atoms with Crippen molar-refractivity contribution in [3.8, 4) is 16.9 Å². The molecule has 4 aromatic rings. The zero-order valence-corrected chi connectivity index (χ0v) is 16.8. The van der Waals surface area contributed by atoms with Gasteiger partial charge in [0.05, 0.1) is 47.1 Å². The van der Waals surface area contributed by atoms with Crippen LogP contribution in [0.2, 0.25) is 0 Å². The first kappa shape index (κ1) is 19.5. The molecule has 0 atom stereocenters. The Morgan fingerprint density at radius 2 is 1.93 bits per heavy atom. The van der Waals surface area contributed by atoms with Crippen LogP contribution < -0.4 is 5.56 Å². The number of pyridine rings is 2. The van der Waals surface area contributed by atoms with Crippen molar-refractivity contribution >= 4 is 16.9 Å². The van der Waals surface area contributed by atoms with Crippen LogP contribution in [0.1, 0.15) is 21.7 Å². The molecule has 0 amide bonds. The van der Waals surface area contributed by atoms with Crippen LogP contribution in [0.25, 0.3) is 27.8 Å². The third-order valence-electron chi connectivity index (χ3n) is 4.88. The van der Waals surface area contributed by atoms with E-state index in [-0.39, 0.29) is 11.1 Å². The predicted octanol–water partition coefficient (Wildman–Crippen LogP) is 3.02. The Labute approximate surface area is 172 Å². The number of hydrogen-bond donors (Lipinski definition) is 1. The number of aryl methyl sites for hydroxylation is 1. The Kier molecular flexibility index (Phi) is 5.16. The molecule has 0 fully saturated rings. The van der Waals surface area contributed by atoms with Gasteiger partial charge in [0.1, 0.15) is 0 Å². The van der Waals surface area contributed by atoms with Crippen LogP contribution in [0, 0.1) is 6.92 Å². The summed E-state index contributed by atoms with van der Waals surface area (Å²) in [6.07, 6.45) is 1.63. The SMILES string of the molecule is COCc1[nH]nc(-n2ccc3nc(C)c(C(=O)OC)cc3c2=O)c1-c1ccccc1. The van der Waals surface area contributed by atoms with E-state index in [9.17, 15) is 9.59 Å². The minimum Gasteiger partial charge on any atom is -0.465 e. The van der Waals surface area contributed by atoms with Crippen LogP contribution in [-0.4, -0.2) is 39.9 Å². The number of aromatic amines is 1. The molecule has 1 aromatic carbocycles. The molecule has 0 bridgehead atoms. The summed E-state index contributed by atoms with van der Waals surface area (Å²) in [4.78, 5) is 29.8. The van der Waals surface area contributed by atoms with Crippen molar-refractivity contribution in [2.24, 2.45) is 0 Å². The molecule has 0 saturated heterocycles. The quantitative estimate of drug-likeness (QED) is 0.514. The Balaban J connectivity index is 1.96. The van der Waals surface area contributed by atoms with E-state index in [0.29, 0.717) is 29.0 Å². The van der Waals surface area contributed by atoms with E-state index in [1.807, 2.05) is 30.3 Å². The first-order valence-corrected chi connectivity index (χ1v) is 9.28. The van der Waals surface area contributed by atoms with E-state index in [0.717, 1.165) is 16.8 Å². The molecule has 152 valence electrons. The molecule has 0 spiro atoms. The van der Waals surface area contributed by atoms with Crippen molar-refractivity contribution in [1.29, 1.82) is 0 Å². The van der Waals surface area contributed by atoms with Gasteiger partial charge in [0.15, 0.2) is 5.82 Å². The first-order chi connectivity index (χ1) is 14.5. The maximum absolute atomic E-state index is 13.3. The fraction of sp³-hybridized carbons (Fsp3) is 0.182. The van der Waals surface area contributed by atoms with E-state index in [4.69, 9.17) is 9.47 Å². The lowest BCUT2D eigenvalue weighted by molar-refractivity contribution is 0.0599. The average Bonchev–Trinajstić information content (AvgIpc) is 3.17. The highest BCUT2D eigenvalue weighted by Gasteiger charge is 2.20. The highest BCUT2D eigenvalue weighted by atomic mass is 16.5. The molecular weight excluding hydrogens is 384 g/mol. The third-order valence-corrected chi connectivity index (χ3v) is 4.88. The summed E-state index contributed by atoms with van der Waals surface area (Å²) < 4.78 is 11.5. The lowest BCUT2D eigenvalue weighted by Crippen LogP contribution is -2.20.